The summed E-state index contributed by atoms with van der Waals surface area (Å²) in [6.07, 6.45) is -2.02. The van der Waals surface area contributed by atoms with Crippen LogP contribution < -0.4 is 5.32 Å². The maximum absolute atomic E-state index is 13.9. The molecule has 2 aromatic rings. The average molecular weight is 341 g/mol. The second-order valence-corrected chi connectivity index (χ2v) is 5.84. The van der Waals surface area contributed by atoms with Crippen molar-refractivity contribution in [2.24, 2.45) is 0 Å². The van der Waals surface area contributed by atoms with Crippen LogP contribution in [0.4, 0.5) is 23.4 Å². The predicted molar refractivity (Wildman–Crippen MR) is 78.9 cm³/mol. The van der Waals surface area contributed by atoms with Crippen molar-refractivity contribution in [3.05, 3.63) is 46.9 Å². The molecule has 4 nitrogen and oxygen atoms in total. The van der Waals surface area contributed by atoms with Crippen LogP contribution in [-0.4, -0.2) is 16.1 Å². The summed E-state index contributed by atoms with van der Waals surface area (Å²) < 4.78 is 51.9. The Labute approximate surface area is 135 Å². The smallest absolute Gasteiger partial charge is 0.309 e. The Balaban J connectivity index is 1.67. The van der Waals surface area contributed by atoms with Gasteiger partial charge in [0, 0.05) is 17.7 Å². The number of aromatic nitrogens is 2. The minimum Gasteiger partial charge on any atom is -0.309 e. The number of alkyl halides is 3. The summed E-state index contributed by atoms with van der Waals surface area (Å²) in [4.78, 5) is 11.9. The lowest BCUT2D eigenvalue weighted by Crippen LogP contribution is -2.17. The van der Waals surface area contributed by atoms with Crippen molar-refractivity contribution in [2.45, 2.75) is 37.8 Å². The van der Waals surface area contributed by atoms with Crippen LogP contribution in [0.3, 0.4) is 0 Å². The third kappa shape index (κ3) is 3.42. The number of amides is 1. The van der Waals surface area contributed by atoms with Gasteiger partial charge in [-0.1, -0.05) is 18.6 Å². The third-order valence-electron chi connectivity index (χ3n) is 4.15. The molecule has 0 unspecified atom stereocenters. The van der Waals surface area contributed by atoms with Gasteiger partial charge in [0.15, 0.2) is 5.82 Å². The van der Waals surface area contributed by atoms with Crippen LogP contribution in [0, 0.1) is 5.82 Å². The van der Waals surface area contributed by atoms with Crippen molar-refractivity contribution < 1.29 is 22.4 Å². The van der Waals surface area contributed by atoms with E-state index >= 15 is 0 Å². The molecule has 1 fully saturated rings. The molecule has 0 bridgehead atoms. The number of carbonyl (C=O) groups is 1. The zero-order valence-corrected chi connectivity index (χ0v) is 12.6. The Bertz CT molecular complexity index is 750. The van der Waals surface area contributed by atoms with Crippen molar-refractivity contribution in [1.29, 1.82) is 0 Å². The molecule has 24 heavy (non-hydrogen) atoms. The number of H-pyrrole nitrogens is 1. The van der Waals surface area contributed by atoms with Gasteiger partial charge in [0.25, 0.3) is 0 Å². The maximum Gasteiger partial charge on any atom is 0.419 e. The van der Waals surface area contributed by atoms with Gasteiger partial charge < -0.3 is 5.32 Å². The number of nitrogens with one attached hydrogen (secondary N) is 2. The van der Waals surface area contributed by atoms with Crippen LogP contribution in [0.1, 0.15) is 42.0 Å². The highest BCUT2D eigenvalue weighted by Gasteiger charge is 2.35. The summed E-state index contributed by atoms with van der Waals surface area (Å²) in [5.41, 5.74) is -0.765. The lowest BCUT2D eigenvalue weighted by atomic mass is 9.83. The number of anilines is 1. The van der Waals surface area contributed by atoms with Crippen molar-refractivity contribution in [1.82, 2.24) is 10.2 Å². The number of halogens is 4. The van der Waals surface area contributed by atoms with Gasteiger partial charge in [0.1, 0.15) is 5.82 Å². The minimum atomic E-state index is -4.80. The van der Waals surface area contributed by atoms with Crippen LogP contribution >= 0.6 is 0 Å². The highest BCUT2D eigenvalue weighted by atomic mass is 19.4. The molecule has 1 aromatic carbocycles. The van der Waals surface area contributed by atoms with E-state index in [-0.39, 0.29) is 11.4 Å². The molecule has 1 aromatic heterocycles. The molecule has 0 atom stereocenters. The number of hydrogen-bond acceptors (Lipinski definition) is 2. The highest BCUT2D eigenvalue weighted by Crippen LogP contribution is 2.36. The third-order valence-corrected chi connectivity index (χ3v) is 4.15. The second-order valence-electron chi connectivity index (χ2n) is 5.84. The molecule has 1 aliphatic rings. The number of carbonyl (C=O) groups excluding carboxylic acids is 1. The van der Waals surface area contributed by atoms with E-state index in [1.807, 2.05) is 0 Å². The fourth-order valence-corrected chi connectivity index (χ4v) is 2.62. The standard InChI is InChI=1S/C16H15F4N3O/c17-15-10(5-2-6-11(15)16(18,19)20)7-14(24)21-13-8-12(22-23-13)9-3-1-4-9/h2,5-6,8-9H,1,3-4,7H2,(H2,21,22,23,24). The number of hydrogen-bond donors (Lipinski definition) is 2. The van der Waals surface area contributed by atoms with E-state index in [9.17, 15) is 22.4 Å². The average Bonchev–Trinajstić information content (AvgIpc) is 2.85. The van der Waals surface area contributed by atoms with Gasteiger partial charge in [-0.3, -0.25) is 9.89 Å². The van der Waals surface area contributed by atoms with Gasteiger partial charge >= 0.3 is 6.18 Å². The molecular formula is C16H15F4N3O. The Morgan fingerprint density at radius 2 is 2.08 bits per heavy atom. The van der Waals surface area contributed by atoms with E-state index in [1.54, 1.807) is 6.07 Å². The van der Waals surface area contributed by atoms with Crippen molar-refractivity contribution in [3.63, 3.8) is 0 Å². The summed E-state index contributed by atoms with van der Waals surface area (Å²) in [7, 11) is 0. The first-order valence-electron chi connectivity index (χ1n) is 7.54. The van der Waals surface area contributed by atoms with Crippen LogP contribution in [0.2, 0.25) is 0 Å². The van der Waals surface area contributed by atoms with Crippen LogP contribution in [0.5, 0.6) is 0 Å². The van der Waals surface area contributed by atoms with Crippen molar-refractivity contribution in [3.8, 4) is 0 Å². The van der Waals surface area contributed by atoms with E-state index in [1.165, 1.54) is 0 Å². The highest BCUT2D eigenvalue weighted by molar-refractivity contribution is 5.91. The topological polar surface area (TPSA) is 57.8 Å². The normalized spacial score (nSPS) is 15.2. The van der Waals surface area contributed by atoms with Gasteiger partial charge in [-0.15, -0.1) is 0 Å². The number of benzene rings is 1. The lowest BCUT2D eigenvalue weighted by Gasteiger charge is -2.23. The molecule has 0 spiro atoms. The van der Waals surface area contributed by atoms with E-state index in [4.69, 9.17) is 0 Å². The fraction of sp³-hybridized carbons (Fsp3) is 0.375. The Morgan fingerprint density at radius 1 is 1.33 bits per heavy atom. The molecule has 1 aliphatic carbocycles. The van der Waals surface area contributed by atoms with E-state index in [0.717, 1.165) is 37.1 Å². The van der Waals surface area contributed by atoms with Gasteiger partial charge in [0.2, 0.25) is 5.91 Å². The maximum atomic E-state index is 13.9. The molecular weight excluding hydrogens is 326 g/mol. The Kier molecular flexibility index (Phi) is 4.29. The van der Waals surface area contributed by atoms with Crippen molar-refractivity contribution >= 4 is 11.7 Å². The van der Waals surface area contributed by atoms with Crippen LogP contribution in [-0.2, 0) is 17.4 Å². The van der Waals surface area contributed by atoms with Crippen LogP contribution in [0.25, 0.3) is 0 Å². The first-order valence-corrected chi connectivity index (χ1v) is 7.54. The molecule has 128 valence electrons. The largest absolute Gasteiger partial charge is 0.419 e. The first-order chi connectivity index (χ1) is 11.3. The summed E-state index contributed by atoms with van der Waals surface area (Å²) in [6.45, 7) is 0. The zero-order chi connectivity index (χ0) is 17.3. The summed E-state index contributed by atoms with van der Waals surface area (Å²) in [5, 5.41) is 9.25. The molecule has 2 N–H and O–H groups in total. The zero-order valence-electron chi connectivity index (χ0n) is 12.6. The molecule has 8 heteroatoms. The molecule has 3 rings (SSSR count). The van der Waals surface area contributed by atoms with Crippen molar-refractivity contribution in [2.75, 3.05) is 5.32 Å². The Hall–Kier alpha value is -2.38. The minimum absolute atomic E-state index is 0.286. The van der Waals surface area contributed by atoms with E-state index in [0.29, 0.717) is 12.0 Å². The number of aromatic amines is 1. The first kappa shape index (κ1) is 16.5. The fourth-order valence-electron chi connectivity index (χ4n) is 2.62. The molecule has 0 saturated heterocycles. The SMILES string of the molecule is O=C(Cc1cccc(C(F)(F)F)c1F)Nc1cc(C2CCC2)[nH]n1. The predicted octanol–water partition coefficient (Wildman–Crippen LogP) is 4.02. The number of rotatable bonds is 4. The quantitative estimate of drug-likeness (QED) is 0.826. The second kappa shape index (κ2) is 6.26. The molecule has 1 amide bonds. The molecule has 0 aliphatic heterocycles. The Morgan fingerprint density at radius 3 is 2.71 bits per heavy atom. The molecule has 1 saturated carbocycles. The monoisotopic (exact) mass is 341 g/mol. The molecule has 0 radical (unpaired) electrons. The molecule has 1 heterocycles. The summed E-state index contributed by atoms with van der Waals surface area (Å²) in [5.74, 6) is -1.35. The van der Waals surface area contributed by atoms with Gasteiger partial charge in [0.05, 0.1) is 12.0 Å². The summed E-state index contributed by atoms with van der Waals surface area (Å²) >= 11 is 0. The number of nitrogens with zero attached hydrogens (tertiary/aromatic N) is 1. The van der Waals surface area contributed by atoms with Gasteiger partial charge in [-0.2, -0.15) is 18.3 Å². The summed E-state index contributed by atoms with van der Waals surface area (Å²) in [6, 6.07) is 4.59. The lowest BCUT2D eigenvalue weighted by molar-refractivity contribution is -0.140. The van der Waals surface area contributed by atoms with Gasteiger partial charge in [-0.25, -0.2) is 4.39 Å². The van der Waals surface area contributed by atoms with Crippen LogP contribution in [0.15, 0.2) is 24.3 Å². The van der Waals surface area contributed by atoms with E-state index in [2.05, 4.69) is 15.5 Å². The van der Waals surface area contributed by atoms with E-state index < -0.39 is 29.9 Å². The van der Waals surface area contributed by atoms with Gasteiger partial charge in [-0.05, 0) is 24.5 Å².